The Balaban J connectivity index is 1.49. The summed E-state index contributed by atoms with van der Waals surface area (Å²) in [5.74, 6) is 0.131. The molecule has 9 heteroatoms. The standard InChI is InChI=1S/C22H17N9/c1-13-14(9-23)4-2-5-16(13)18-8-19(28-22(24)27-18)20-12-31(30-29-20)11-15-10-26-21-17(15)6-3-7-25-21/h2-8,10,12H,11H2,1H3,(H,25,26)(H2,24,27,28). The van der Waals surface area contributed by atoms with Crippen LogP contribution in [0, 0.1) is 18.3 Å². The second kappa shape index (κ2) is 7.35. The average molecular weight is 407 g/mol. The van der Waals surface area contributed by atoms with Gasteiger partial charge >= 0.3 is 0 Å². The van der Waals surface area contributed by atoms with Crippen molar-refractivity contribution in [3.63, 3.8) is 0 Å². The summed E-state index contributed by atoms with van der Waals surface area (Å²) in [4.78, 5) is 16.2. The summed E-state index contributed by atoms with van der Waals surface area (Å²) < 4.78 is 1.74. The van der Waals surface area contributed by atoms with Gasteiger partial charge in [-0.05, 0) is 36.8 Å². The number of nitrogens with two attached hydrogens (primary N) is 1. The molecule has 5 aromatic rings. The number of hydrogen-bond donors (Lipinski definition) is 2. The third-order valence-electron chi connectivity index (χ3n) is 5.14. The third kappa shape index (κ3) is 3.36. The lowest BCUT2D eigenvalue weighted by molar-refractivity contribution is 0.652. The van der Waals surface area contributed by atoms with Gasteiger partial charge in [-0.15, -0.1) is 5.10 Å². The van der Waals surface area contributed by atoms with Gasteiger partial charge in [0.1, 0.15) is 11.3 Å². The third-order valence-corrected chi connectivity index (χ3v) is 5.14. The van der Waals surface area contributed by atoms with Crippen molar-refractivity contribution in [2.45, 2.75) is 13.5 Å². The molecular weight excluding hydrogens is 390 g/mol. The fourth-order valence-corrected chi connectivity index (χ4v) is 3.58. The number of nitriles is 1. The van der Waals surface area contributed by atoms with Crippen molar-refractivity contribution in [2.75, 3.05) is 5.73 Å². The summed E-state index contributed by atoms with van der Waals surface area (Å²) in [5.41, 5.74) is 11.9. The largest absolute Gasteiger partial charge is 0.368 e. The zero-order chi connectivity index (χ0) is 21.4. The van der Waals surface area contributed by atoms with Gasteiger partial charge < -0.3 is 10.7 Å². The Bertz CT molecular complexity index is 1460. The lowest BCUT2D eigenvalue weighted by Gasteiger charge is -2.08. The quantitative estimate of drug-likeness (QED) is 0.467. The second-order valence-corrected chi connectivity index (χ2v) is 7.10. The van der Waals surface area contributed by atoms with Crippen LogP contribution in [0.3, 0.4) is 0 Å². The number of anilines is 1. The molecule has 5 rings (SSSR count). The Labute approximate surface area is 177 Å². The van der Waals surface area contributed by atoms with E-state index in [1.807, 2.05) is 49.6 Å². The Morgan fingerprint density at radius 3 is 2.87 bits per heavy atom. The fraction of sp³-hybridized carbons (Fsp3) is 0.0909. The highest BCUT2D eigenvalue weighted by atomic mass is 15.4. The molecule has 0 saturated heterocycles. The first kappa shape index (κ1) is 18.4. The summed E-state index contributed by atoms with van der Waals surface area (Å²) in [6, 6.07) is 13.4. The van der Waals surface area contributed by atoms with Crippen LogP contribution in [0.4, 0.5) is 5.95 Å². The van der Waals surface area contributed by atoms with Crippen LogP contribution in [-0.2, 0) is 6.54 Å². The van der Waals surface area contributed by atoms with E-state index >= 15 is 0 Å². The number of fused-ring (bicyclic) bond motifs is 1. The van der Waals surface area contributed by atoms with Gasteiger partial charge in [-0.3, -0.25) is 0 Å². The first-order valence-electron chi connectivity index (χ1n) is 9.58. The van der Waals surface area contributed by atoms with Crippen molar-refractivity contribution < 1.29 is 0 Å². The summed E-state index contributed by atoms with van der Waals surface area (Å²) in [6.45, 7) is 2.42. The van der Waals surface area contributed by atoms with Gasteiger partial charge in [0.15, 0.2) is 0 Å². The van der Waals surface area contributed by atoms with E-state index in [2.05, 4.69) is 36.3 Å². The molecule has 0 radical (unpaired) electrons. The Hall–Kier alpha value is -4.58. The Morgan fingerprint density at radius 2 is 2.00 bits per heavy atom. The molecule has 4 aromatic heterocycles. The van der Waals surface area contributed by atoms with Gasteiger partial charge in [0.25, 0.3) is 0 Å². The molecule has 0 aliphatic heterocycles. The summed E-state index contributed by atoms with van der Waals surface area (Å²) >= 11 is 0. The van der Waals surface area contributed by atoms with E-state index in [1.54, 1.807) is 16.9 Å². The van der Waals surface area contributed by atoms with Crippen LogP contribution in [0.1, 0.15) is 16.7 Å². The molecule has 0 aliphatic rings. The SMILES string of the molecule is Cc1c(C#N)cccc1-c1cc(-c2cn(Cc3c[nH]c4ncccc34)nn2)nc(N)n1. The first-order chi connectivity index (χ1) is 15.1. The molecule has 4 heterocycles. The molecule has 0 saturated carbocycles. The minimum Gasteiger partial charge on any atom is -0.368 e. The highest BCUT2D eigenvalue weighted by Gasteiger charge is 2.14. The van der Waals surface area contributed by atoms with E-state index in [4.69, 9.17) is 5.73 Å². The number of nitrogens with zero attached hydrogens (tertiary/aromatic N) is 7. The predicted molar refractivity (Wildman–Crippen MR) is 116 cm³/mol. The van der Waals surface area contributed by atoms with Gasteiger partial charge in [-0.2, -0.15) is 5.26 Å². The van der Waals surface area contributed by atoms with Crippen LogP contribution in [0.2, 0.25) is 0 Å². The van der Waals surface area contributed by atoms with Crippen LogP contribution in [-0.4, -0.2) is 34.9 Å². The van der Waals surface area contributed by atoms with Crippen molar-refractivity contribution in [1.29, 1.82) is 5.26 Å². The highest BCUT2D eigenvalue weighted by molar-refractivity contribution is 5.79. The predicted octanol–water partition coefficient (Wildman–Crippen LogP) is 3.09. The maximum Gasteiger partial charge on any atom is 0.221 e. The smallest absolute Gasteiger partial charge is 0.221 e. The zero-order valence-electron chi connectivity index (χ0n) is 16.6. The lowest BCUT2D eigenvalue weighted by Crippen LogP contribution is -2.00. The second-order valence-electron chi connectivity index (χ2n) is 7.10. The molecule has 0 atom stereocenters. The normalized spacial score (nSPS) is 11.0. The summed E-state index contributed by atoms with van der Waals surface area (Å²) in [6.07, 6.45) is 5.49. The first-order valence-corrected chi connectivity index (χ1v) is 9.58. The number of nitrogen functional groups attached to an aromatic ring is 1. The zero-order valence-corrected chi connectivity index (χ0v) is 16.6. The van der Waals surface area contributed by atoms with Crippen LogP contribution in [0.5, 0.6) is 0 Å². The van der Waals surface area contributed by atoms with E-state index < -0.39 is 0 Å². The van der Waals surface area contributed by atoms with Gasteiger partial charge in [0.2, 0.25) is 5.95 Å². The number of aromatic amines is 1. The van der Waals surface area contributed by atoms with Crippen molar-refractivity contribution in [2.24, 2.45) is 0 Å². The van der Waals surface area contributed by atoms with E-state index in [0.29, 0.717) is 29.2 Å². The number of nitrogens with one attached hydrogen (secondary N) is 1. The van der Waals surface area contributed by atoms with Crippen molar-refractivity contribution in [1.82, 2.24) is 34.9 Å². The lowest BCUT2D eigenvalue weighted by atomic mass is 10.00. The van der Waals surface area contributed by atoms with Crippen molar-refractivity contribution >= 4 is 17.0 Å². The molecule has 0 bridgehead atoms. The maximum absolute atomic E-state index is 9.32. The fourth-order valence-electron chi connectivity index (χ4n) is 3.58. The van der Waals surface area contributed by atoms with Crippen LogP contribution in [0.25, 0.3) is 33.7 Å². The van der Waals surface area contributed by atoms with Gasteiger partial charge in [0.05, 0.1) is 35.8 Å². The monoisotopic (exact) mass is 407 g/mol. The Morgan fingerprint density at radius 1 is 1.13 bits per heavy atom. The number of H-pyrrole nitrogens is 1. The number of pyridine rings is 1. The summed E-state index contributed by atoms with van der Waals surface area (Å²) in [7, 11) is 0. The van der Waals surface area contributed by atoms with Gasteiger partial charge in [-0.25, -0.2) is 19.6 Å². The van der Waals surface area contributed by atoms with Crippen molar-refractivity contribution in [3.8, 4) is 28.7 Å². The van der Waals surface area contributed by atoms with E-state index in [0.717, 1.165) is 27.7 Å². The van der Waals surface area contributed by atoms with Gasteiger partial charge in [-0.1, -0.05) is 17.3 Å². The molecule has 0 spiro atoms. The minimum absolute atomic E-state index is 0.131. The number of aromatic nitrogens is 7. The topological polar surface area (TPSA) is 135 Å². The molecule has 0 aliphatic carbocycles. The van der Waals surface area contributed by atoms with Crippen molar-refractivity contribution in [3.05, 3.63) is 71.7 Å². The molecule has 9 nitrogen and oxygen atoms in total. The highest BCUT2D eigenvalue weighted by Crippen LogP contribution is 2.27. The molecule has 3 N–H and O–H groups in total. The molecule has 1 aromatic carbocycles. The molecule has 0 amide bonds. The number of hydrogen-bond acceptors (Lipinski definition) is 7. The molecule has 150 valence electrons. The average Bonchev–Trinajstić information content (AvgIpc) is 3.41. The van der Waals surface area contributed by atoms with Crippen LogP contribution in [0.15, 0.2) is 55.0 Å². The molecular formula is C22H17N9. The van der Waals surface area contributed by atoms with E-state index in [9.17, 15) is 5.26 Å². The van der Waals surface area contributed by atoms with Gasteiger partial charge in [0, 0.05) is 28.9 Å². The minimum atomic E-state index is 0.131. The van der Waals surface area contributed by atoms with Crippen LogP contribution < -0.4 is 5.73 Å². The molecule has 31 heavy (non-hydrogen) atoms. The number of rotatable bonds is 4. The molecule has 0 fully saturated rings. The Kier molecular flexibility index (Phi) is 4.37. The number of benzene rings is 1. The van der Waals surface area contributed by atoms with E-state index in [-0.39, 0.29) is 5.95 Å². The summed E-state index contributed by atoms with van der Waals surface area (Å²) in [5, 5.41) is 18.9. The van der Waals surface area contributed by atoms with E-state index in [1.165, 1.54) is 0 Å². The van der Waals surface area contributed by atoms with Crippen LogP contribution >= 0.6 is 0 Å². The molecule has 0 unspecified atom stereocenters. The maximum atomic E-state index is 9.32.